The van der Waals surface area contributed by atoms with Gasteiger partial charge in [-0.05, 0) is 67.7 Å². The second kappa shape index (κ2) is 12.7. The molecule has 1 fully saturated rings. The van der Waals surface area contributed by atoms with Crippen LogP contribution >= 0.6 is 11.6 Å². The fraction of sp³-hybridized carbons (Fsp3) is 0.391. The Morgan fingerprint density at radius 2 is 1.71 bits per heavy atom. The molecule has 1 saturated heterocycles. The van der Waals surface area contributed by atoms with Gasteiger partial charge in [0.15, 0.2) is 0 Å². The zero-order chi connectivity index (χ0) is 26.2. The van der Waals surface area contributed by atoms with E-state index >= 15 is 0 Å². The number of primary amides is 1. The number of carboxylic acids is 1. The molecule has 0 bridgehead atoms. The van der Waals surface area contributed by atoms with Crippen molar-refractivity contribution in [2.45, 2.75) is 31.7 Å². The molecule has 1 unspecified atom stereocenters. The number of halogens is 5. The molecule has 2 aromatic rings. The van der Waals surface area contributed by atoms with Gasteiger partial charge in [-0.3, -0.25) is 9.69 Å². The monoisotopic (exact) mass is 520 g/mol. The highest BCUT2D eigenvalue weighted by Crippen LogP contribution is 2.26. The number of hydrogen-bond acceptors (Lipinski definition) is 5. The summed E-state index contributed by atoms with van der Waals surface area (Å²) in [5.74, 6) is -3.17. The van der Waals surface area contributed by atoms with Crippen molar-refractivity contribution in [3.05, 3.63) is 64.4 Å². The Labute approximate surface area is 204 Å². The van der Waals surface area contributed by atoms with E-state index in [4.69, 9.17) is 32.0 Å². The van der Waals surface area contributed by atoms with E-state index in [0.717, 1.165) is 38.0 Å². The zero-order valence-electron chi connectivity index (χ0n) is 18.5. The standard InChI is InChI=1S/C21H24ClFN2O3.C2HF3O2/c22-16-3-6-20(18(11-16)21(24)27)28-13-19(26)15-7-9-25(10-8-15)12-14-1-4-17(23)5-2-14;3-2(4,5)1(6)7/h1-6,11,15,19,26H,7-10,12-13H2,(H2,24,27);(H,6,7). The summed E-state index contributed by atoms with van der Waals surface area (Å²) < 4.78 is 50.4. The van der Waals surface area contributed by atoms with Crippen molar-refractivity contribution in [2.24, 2.45) is 11.7 Å². The van der Waals surface area contributed by atoms with Gasteiger partial charge in [0.25, 0.3) is 5.91 Å². The number of carboxylic acid groups (broad SMARTS) is 1. The maximum Gasteiger partial charge on any atom is 0.490 e. The average molecular weight is 521 g/mol. The SMILES string of the molecule is NC(=O)c1cc(Cl)ccc1OCC(O)C1CCN(Cc2ccc(F)cc2)CC1.O=C(O)C(F)(F)F. The number of ether oxygens (including phenoxy) is 1. The van der Waals surface area contributed by atoms with Gasteiger partial charge in [0.05, 0.1) is 11.7 Å². The molecule has 192 valence electrons. The van der Waals surface area contributed by atoms with Gasteiger partial charge in [-0.1, -0.05) is 23.7 Å². The molecule has 1 atom stereocenters. The third-order valence-corrected chi connectivity index (χ3v) is 5.59. The number of nitrogens with zero attached hydrogens (tertiary/aromatic N) is 1. The molecule has 1 heterocycles. The molecule has 12 heteroatoms. The molecule has 0 saturated carbocycles. The first-order valence-corrected chi connectivity index (χ1v) is 10.9. The number of carbonyl (C=O) groups is 2. The quantitative estimate of drug-likeness (QED) is 0.478. The molecule has 4 N–H and O–H groups in total. The van der Waals surface area contributed by atoms with Gasteiger partial charge in [-0.2, -0.15) is 13.2 Å². The summed E-state index contributed by atoms with van der Waals surface area (Å²) in [6.45, 7) is 2.57. The van der Waals surface area contributed by atoms with Gasteiger partial charge in [0.2, 0.25) is 0 Å². The van der Waals surface area contributed by atoms with E-state index in [2.05, 4.69) is 4.90 Å². The van der Waals surface area contributed by atoms with Gasteiger partial charge >= 0.3 is 12.1 Å². The lowest BCUT2D eigenvalue weighted by Crippen LogP contribution is -2.39. The number of aliphatic hydroxyl groups is 1. The predicted octanol–water partition coefficient (Wildman–Crippen LogP) is 3.86. The van der Waals surface area contributed by atoms with Crippen molar-refractivity contribution >= 4 is 23.5 Å². The maximum atomic E-state index is 13.0. The van der Waals surface area contributed by atoms with E-state index in [9.17, 15) is 27.5 Å². The van der Waals surface area contributed by atoms with Crippen LogP contribution in [0, 0.1) is 11.7 Å². The molecule has 0 radical (unpaired) electrons. The normalized spacial score (nSPS) is 15.6. The number of alkyl halides is 3. The van der Waals surface area contributed by atoms with Crippen LogP contribution < -0.4 is 10.5 Å². The fourth-order valence-corrected chi connectivity index (χ4v) is 3.65. The van der Waals surface area contributed by atoms with E-state index < -0.39 is 24.2 Å². The van der Waals surface area contributed by atoms with E-state index in [0.29, 0.717) is 10.8 Å². The van der Waals surface area contributed by atoms with E-state index in [-0.39, 0.29) is 23.9 Å². The molecule has 1 aliphatic rings. The van der Waals surface area contributed by atoms with Crippen LogP contribution in [0.4, 0.5) is 17.6 Å². The molecule has 35 heavy (non-hydrogen) atoms. The maximum absolute atomic E-state index is 13.0. The summed E-state index contributed by atoms with van der Waals surface area (Å²) in [4.78, 5) is 22.7. The highest BCUT2D eigenvalue weighted by Gasteiger charge is 2.38. The van der Waals surface area contributed by atoms with Crippen molar-refractivity contribution < 1.29 is 42.1 Å². The molecule has 0 spiro atoms. The van der Waals surface area contributed by atoms with Crippen LogP contribution in [0.2, 0.25) is 5.02 Å². The van der Waals surface area contributed by atoms with Crippen LogP contribution in [-0.4, -0.2) is 59.0 Å². The molecule has 3 rings (SSSR count). The summed E-state index contributed by atoms with van der Waals surface area (Å²) in [5, 5.41) is 18.0. The highest BCUT2D eigenvalue weighted by molar-refractivity contribution is 6.31. The lowest BCUT2D eigenvalue weighted by atomic mass is 9.91. The first-order chi connectivity index (χ1) is 16.4. The number of aliphatic hydroxyl groups excluding tert-OH is 1. The van der Waals surface area contributed by atoms with Gasteiger partial charge in [0.1, 0.15) is 18.2 Å². The van der Waals surface area contributed by atoms with Crippen LogP contribution in [-0.2, 0) is 11.3 Å². The van der Waals surface area contributed by atoms with E-state index in [1.54, 1.807) is 24.3 Å². The highest BCUT2D eigenvalue weighted by atomic mass is 35.5. The lowest BCUT2D eigenvalue weighted by molar-refractivity contribution is -0.192. The first-order valence-electron chi connectivity index (χ1n) is 10.5. The molecular weight excluding hydrogens is 496 g/mol. The number of likely N-dealkylation sites (tertiary alicyclic amines) is 1. The third kappa shape index (κ3) is 9.35. The third-order valence-electron chi connectivity index (χ3n) is 5.35. The molecule has 2 aromatic carbocycles. The summed E-state index contributed by atoms with van der Waals surface area (Å²) >= 11 is 5.89. The van der Waals surface area contributed by atoms with Crippen LogP contribution in [0.1, 0.15) is 28.8 Å². The van der Waals surface area contributed by atoms with E-state index in [1.807, 2.05) is 0 Å². The smallest absolute Gasteiger partial charge is 0.490 e. The van der Waals surface area contributed by atoms with Crippen molar-refractivity contribution in [2.75, 3.05) is 19.7 Å². The summed E-state index contributed by atoms with van der Waals surface area (Å²) in [5.41, 5.74) is 6.63. The van der Waals surface area contributed by atoms with Gasteiger partial charge in [0, 0.05) is 11.6 Å². The van der Waals surface area contributed by atoms with Crippen LogP contribution in [0.3, 0.4) is 0 Å². The number of rotatable bonds is 7. The Kier molecular flexibility index (Phi) is 10.3. The predicted molar refractivity (Wildman–Crippen MR) is 120 cm³/mol. The number of hydrogen-bond donors (Lipinski definition) is 3. The number of carbonyl (C=O) groups excluding carboxylic acids is 1. The summed E-state index contributed by atoms with van der Waals surface area (Å²) in [7, 11) is 0. The van der Waals surface area contributed by atoms with Crippen LogP contribution in [0.25, 0.3) is 0 Å². The number of amides is 1. The van der Waals surface area contributed by atoms with Crippen LogP contribution in [0.15, 0.2) is 42.5 Å². The average Bonchev–Trinajstić information content (AvgIpc) is 2.79. The number of piperidine rings is 1. The molecule has 0 aromatic heterocycles. The summed E-state index contributed by atoms with van der Waals surface area (Å²) in [6.07, 6.45) is -4.03. The van der Waals surface area contributed by atoms with Gasteiger partial charge in [-0.25, -0.2) is 9.18 Å². The lowest BCUT2D eigenvalue weighted by Gasteiger charge is -2.34. The minimum atomic E-state index is -5.08. The molecule has 1 amide bonds. The van der Waals surface area contributed by atoms with Crippen molar-refractivity contribution in [3.8, 4) is 5.75 Å². The second-order valence-corrected chi connectivity index (χ2v) is 8.36. The topological polar surface area (TPSA) is 113 Å². The molecule has 1 aliphatic heterocycles. The fourth-order valence-electron chi connectivity index (χ4n) is 3.48. The van der Waals surface area contributed by atoms with Gasteiger partial charge < -0.3 is 20.7 Å². The minimum absolute atomic E-state index is 0.0878. The Hall–Kier alpha value is -2.89. The Balaban J connectivity index is 0.000000540. The van der Waals surface area contributed by atoms with Gasteiger partial charge in [-0.15, -0.1) is 0 Å². The largest absolute Gasteiger partial charge is 0.490 e. The summed E-state index contributed by atoms with van der Waals surface area (Å²) in [6, 6.07) is 11.2. The van der Waals surface area contributed by atoms with Crippen molar-refractivity contribution in [1.82, 2.24) is 4.90 Å². The van der Waals surface area contributed by atoms with Crippen molar-refractivity contribution in [1.29, 1.82) is 0 Å². The van der Waals surface area contributed by atoms with Crippen molar-refractivity contribution in [3.63, 3.8) is 0 Å². The Morgan fingerprint density at radius 1 is 1.14 bits per heavy atom. The number of aliphatic carboxylic acids is 1. The first kappa shape index (κ1) is 28.3. The Bertz CT molecular complexity index is 996. The molecular formula is C23H25ClF4N2O5. The number of nitrogens with two attached hydrogens (primary N) is 1. The zero-order valence-corrected chi connectivity index (χ0v) is 19.2. The van der Waals surface area contributed by atoms with E-state index in [1.165, 1.54) is 18.2 Å². The molecule has 0 aliphatic carbocycles. The molecule has 7 nitrogen and oxygen atoms in total. The Morgan fingerprint density at radius 3 is 2.23 bits per heavy atom. The minimum Gasteiger partial charge on any atom is -0.490 e. The van der Waals surface area contributed by atoms with Crippen LogP contribution in [0.5, 0.6) is 5.75 Å². The second-order valence-electron chi connectivity index (χ2n) is 7.93. The number of benzene rings is 2.